The molecule has 0 saturated carbocycles. The maximum Gasteiger partial charge on any atom is 0.413 e. The van der Waals surface area contributed by atoms with Gasteiger partial charge >= 0.3 is 6.09 Å². The molecule has 1 aromatic heterocycles. The maximum absolute atomic E-state index is 11.5. The Morgan fingerprint density at radius 3 is 2.95 bits per heavy atom. The fourth-order valence-electron chi connectivity index (χ4n) is 0.949. The van der Waals surface area contributed by atoms with Gasteiger partial charge in [-0.15, -0.1) is 21.5 Å². The van der Waals surface area contributed by atoms with Crippen molar-refractivity contribution < 1.29 is 24.3 Å². The van der Waals surface area contributed by atoms with Gasteiger partial charge in [-0.2, -0.15) is 0 Å². The zero-order valence-corrected chi connectivity index (χ0v) is 10.6. The van der Waals surface area contributed by atoms with Crippen LogP contribution in [0.1, 0.15) is 10.5 Å². The van der Waals surface area contributed by atoms with Crippen molar-refractivity contribution in [2.75, 3.05) is 25.6 Å². The summed E-state index contributed by atoms with van der Waals surface area (Å²) in [6.45, 7) is -0.284. The first-order valence-corrected chi connectivity index (χ1v) is 5.77. The van der Waals surface area contributed by atoms with Gasteiger partial charge in [0.05, 0.1) is 7.11 Å². The largest absolute Gasteiger partial charge is 0.453 e. The molecular formula is C8H10N4O6S. The highest BCUT2D eigenvalue weighted by Gasteiger charge is 2.12. The molecule has 0 fully saturated rings. The lowest BCUT2D eigenvalue weighted by Gasteiger charge is -2.01. The molecule has 0 radical (unpaired) electrons. The van der Waals surface area contributed by atoms with Crippen molar-refractivity contribution >= 4 is 28.5 Å². The highest BCUT2D eigenvalue weighted by molar-refractivity contribution is 7.14. The van der Waals surface area contributed by atoms with Gasteiger partial charge in [0, 0.05) is 11.9 Å². The molecule has 0 unspecified atom stereocenters. The number of ether oxygens (including phenoxy) is 1. The Labute approximate surface area is 110 Å². The number of thiazole rings is 1. The average molecular weight is 290 g/mol. The number of nitrogens with zero attached hydrogens (tertiary/aromatic N) is 2. The molecule has 0 bridgehead atoms. The highest BCUT2D eigenvalue weighted by atomic mass is 32.1. The second-order valence-electron chi connectivity index (χ2n) is 2.97. The van der Waals surface area contributed by atoms with Gasteiger partial charge < -0.3 is 14.9 Å². The average Bonchev–Trinajstić information content (AvgIpc) is 2.82. The molecule has 0 aliphatic carbocycles. The summed E-state index contributed by atoms with van der Waals surface area (Å²) in [4.78, 5) is 40.1. The third-order valence-corrected chi connectivity index (χ3v) is 2.47. The van der Waals surface area contributed by atoms with Gasteiger partial charge in [0.15, 0.2) is 5.13 Å². The van der Waals surface area contributed by atoms with Crippen LogP contribution in [0.4, 0.5) is 9.93 Å². The van der Waals surface area contributed by atoms with Gasteiger partial charge in [0.25, 0.3) is 11.0 Å². The molecule has 1 aromatic rings. The van der Waals surface area contributed by atoms with Gasteiger partial charge in [0.2, 0.25) is 0 Å². The van der Waals surface area contributed by atoms with Crippen molar-refractivity contribution in [1.29, 1.82) is 0 Å². The lowest BCUT2D eigenvalue weighted by Crippen LogP contribution is -2.28. The standard InChI is InChI=1S/C8H10N4O6S/c1-17-8(14)11-7-10-5(4-19-7)6(13)9-2-3-18-12(15)16/h4H,2-3H2,1H3,(H,9,13)(H,10,11,14). The zero-order chi connectivity index (χ0) is 14.3. The summed E-state index contributed by atoms with van der Waals surface area (Å²) >= 11 is 1.04. The number of carbonyl (C=O) groups is 2. The minimum atomic E-state index is -0.951. The van der Waals surface area contributed by atoms with E-state index in [4.69, 9.17) is 0 Å². The molecule has 0 saturated heterocycles. The summed E-state index contributed by atoms with van der Waals surface area (Å²) in [6, 6.07) is 0. The molecule has 11 heteroatoms. The van der Waals surface area contributed by atoms with Crippen LogP contribution in [0.5, 0.6) is 0 Å². The molecule has 104 valence electrons. The van der Waals surface area contributed by atoms with Crippen molar-refractivity contribution in [2.45, 2.75) is 0 Å². The van der Waals surface area contributed by atoms with Crippen LogP contribution in [0.3, 0.4) is 0 Å². The van der Waals surface area contributed by atoms with Crippen LogP contribution < -0.4 is 10.6 Å². The van der Waals surface area contributed by atoms with Gasteiger partial charge in [0.1, 0.15) is 12.3 Å². The van der Waals surface area contributed by atoms with E-state index < -0.39 is 17.1 Å². The minimum absolute atomic E-state index is 0.0307. The Hall–Kier alpha value is -2.43. The summed E-state index contributed by atoms with van der Waals surface area (Å²) in [5.74, 6) is -0.527. The Morgan fingerprint density at radius 2 is 2.32 bits per heavy atom. The summed E-state index contributed by atoms with van der Waals surface area (Å²) in [7, 11) is 1.20. The molecule has 19 heavy (non-hydrogen) atoms. The molecule has 1 rings (SSSR count). The van der Waals surface area contributed by atoms with Crippen molar-refractivity contribution in [3.05, 3.63) is 21.2 Å². The SMILES string of the molecule is COC(=O)Nc1nc(C(=O)NCCO[N+](=O)[O-])cs1. The van der Waals surface area contributed by atoms with Gasteiger partial charge in [-0.1, -0.05) is 0 Å². The molecule has 0 atom stereocenters. The van der Waals surface area contributed by atoms with E-state index in [1.807, 2.05) is 0 Å². The van der Waals surface area contributed by atoms with Gasteiger partial charge in [-0.05, 0) is 0 Å². The monoisotopic (exact) mass is 290 g/mol. The van der Waals surface area contributed by atoms with Crippen molar-refractivity contribution in [2.24, 2.45) is 0 Å². The number of carbonyl (C=O) groups excluding carboxylic acids is 2. The van der Waals surface area contributed by atoms with E-state index >= 15 is 0 Å². The summed E-state index contributed by atoms with van der Waals surface area (Å²) in [6.07, 6.45) is -0.694. The third kappa shape index (κ3) is 5.16. The van der Waals surface area contributed by atoms with Crippen molar-refractivity contribution in [3.63, 3.8) is 0 Å². The molecule has 1 heterocycles. The molecular weight excluding hydrogens is 280 g/mol. The fourth-order valence-corrected chi connectivity index (χ4v) is 1.63. The van der Waals surface area contributed by atoms with Crippen molar-refractivity contribution in [3.8, 4) is 0 Å². The van der Waals surface area contributed by atoms with E-state index in [2.05, 4.69) is 25.2 Å². The van der Waals surface area contributed by atoms with E-state index in [0.717, 1.165) is 11.3 Å². The van der Waals surface area contributed by atoms with Crippen LogP contribution in [0.2, 0.25) is 0 Å². The number of anilines is 1. The molecule has 10 nitrogen and oxygen atoms in total. The normalized spacial score (nSPS) is 9.53. The lowest BCUT2D eigenvalue weighted by atomic mass is 10.4. The highest BCUT2D eigenvalue weighted by Crippen LogP contribution is 2.15. The van der Waals surface area contributed by atoms with E-state index in [0.29, 0.717) is 0 Å². The number of nitrogens with one attached hydrogen (secondary N) is 2. The summed E-state index contributed by atoms with van der Waals surface area (Å²) in [5.41, 5.74) is 0.0810. The predicted molar refractivity (Wildman–Crippen MR) is 63.4 cm³/mol. The Balaban J connectivity index is 2.40. The number of amides is 2. The fraction of sp³-hybridized carbons (Fsp3) is 0.375. The second kappa shape index (κ2) is 7.10. The number of rotatable bonds is 6. The van der Waals surface area contributed by atoms with Crippen LogP contribution in [-0.4, -0.2) is 42.3 Å². The lowest BCUT2D eigenvalue weighted by molar-refractivity contribution is -0.757. The first kappa shape index (κ1) is 14.6. The molecule has 2 amide bonds. The quantitative estimate of drug-likeness (QED) is 0.436. The second-order valence-corrected chi connectivity index (χ2v) is 3.83. The number of aromatic nitrogens is 1. The minimum Gasteiger partial charge on any atom is -0.453 e. The topological polar surface area (TPSA) is 133 Å². The molecule has 0 aromatic carbocycles. The van der Waals surface area contributed by atoms with Crippen LogP contribution in [0.25, 0.3) is 0 Å². The first-order chi connectivity index (χ1) is 9.02. The van der Waals surface area contributed by atoms with Crippen LogP contribution in [0, 0.1) is 10.1 Å². The molecule has 0 aliphatic heterocycles. The number of methoxy groups -OCH3 is 1. The molecule has 0 aliphatic rings. The summed E-state index contributed by atoms with van der Waals surface area (Å²) < 4.78 is 4.36. The predicted octanol–water partition coefficient (Wildman–Crippen LogP) is 0.260. The Kier molecular flexibility index (Phi) is 5.47. The first-order valence-electron chi connectivity index (χ1n) is 4.89. The maximum atomic E-state index is 11.5. The van der Waals surface area contributed by atoms with E-state index in [1.54, 1.807) is 0 Å². The number of hydrogen-bond acceptors (Lipinski definition) is 8. The van der Waals surface area contributed by atoms with E-state index in [-0.39, 0.29) is 24.0 Å². The smallest absolute Gasteiger partial charge is 0.413 e. The van der Waals surface area contributed by atoms with Gasteiger partial charge in [-0.3, -0.25) is 10.1 Å². The summed E-state index contributed by atoms with van der Waals surface area (Å²) in [5, 5.41) is 15.2. The zero-order valence-electron chi connectivity index (χ0n) is 9.74. The third-order valence-electron chi connectivity index (χ3n) is 1.72. The van der Waals surface area contributed by atoms with Crippen LogP contribution in [0.15, 0.2) is 5.38 Å². The van der Waals surface area contributed by atoms with E-state index in [9.17, 15) is 19.7 Å². The Morgan fingerprint density at radius 1 is 1.58 bits per heavy atom. The van der Waals surface area contributed by atoms with Crippen LogP contribution >= 0.6 is 11.3 Å². The molecule has 2 N–H and O–H groups in total. The van der Waals surface area contributed by atoms with Crippen LogP contribution in [-0.2, 0) is 9.57 Å². The Bertz CT molecular complexity index is 476. The van der Waals surface area contributed by atoms with Gasteiger partial charge in [-0.25, -0.2) is 9.78 Å². The molecule has 0 spiro atoms. The van der Waals surface area contributed by atoms with E-state index in [1.165, 1.54) is 12.5 Å². The number of hydrogen-bond donors (Lipinski definition) is 2. The van der Waals surface area contributed by atoms with Crippen molar-refractivity contribution in [1.82, 2.24) is 10.3 Å².